The Morgan fingerprint density at radius 2 is 1.00 bits per heavy atom. The average molecular weight is 1030 g/mol. The molecule has 0 aliphatic carbocycles. The van der Waals surface area contributed by atoms with Crippen molar-refractivity contribution in [2.45, 2.75) is 147 Å². The number of aromatic nitrogens is 10. The topological polar surface area (TPSA) is 395 Å². The van der Waals surface area contributed by atoms with Crippen molar-refractivity contribution < 1.29 is 73.8 Å². The molecule has 11 atom stereocenters. The highest BCUT2D eigenvalue weighted by Crippen LogP contribution is 2.29. The van der Waals surface area contributed by atoms with E-state index in [4.69, 9.17) is 23.5 Å². The summed E-state index contributed by atoms with van der Waals surface area (Å²) < 4.78 is 46.4. The number of ether oxygens (including phenoxy) is 4. The second-order valence-corrected chi connectivity index (χ2v) is 18.9. The highest BCUT2D eigenvalue weighted by molar-refractivity contribution is 7.32. The predicted molar refractivity (Wildman–Crippen MR) is 241 cm³/mol. The molecule has 0 bridgehead atoms. The Bertz CT molecular complexity index is 2480. The molecule has 2 fully saturated rings. The summed E-state index contributed by atoms with van der Waals surface area (Å²) in [6.45, 7) is 3.91. The van der Waals surface area contributed by atoms with E-state index in [1.165, 1.54) is 26.2 Å². The monoisotopic (exact) mass is 1030 g/mol. The van der Waals surface area contributed by atoms with Gasteiger partial charge in [0.15, 0.2) is 12.5 Å². The zero-order valence-electron chi connectivity index (χ0n) is 39.3. The molecule has 0 aromatic carbocycles. The van der Waals surface area contributed by atoms with E-state index in [-0.39, 0.29) is 57.3 Å². The van der Waals surface area contributed by atoms with Crippen LogP contribution in [0.5, 0.6) is 0 Å². The van der Waals surface area contributed by atoms with Gasteiger partial charge in [-0.3, -0.25) is 41.8 Å². The van der Waals surface area contributed by atoms with Crippen LogP contribution < -0.4 is 22.5 Å². The van der Waals surface area contributed by atoms with Gasteiger partial charge in [-0.15, -0.1) is 10.2 Å². The molecule has 6 rings (SSSR count). The van der Waals surface area contributed by atoms with Crippen LogP contribution in [0.1, 0.15) is 67.6 Å². The van der Waals surface area contributed by atoms with E-state index >= 15 is 0 Å². The van der Waals surface area contributed by atoms with Gasteiger partial charge >= 0.3 is 19.6 Å². The van der Waals surface area contributed by atoms with Gasteiger partial charge in [-0.05, 0) is 39.5 Å². The molecule has 4 aromatic heterocycles. The van der Waals surface area contributed by atoms with Crippen molar-refractivity contribution in [2.75, 3.05) is 33.0 Å². The average Bonchev–Trinajstić information content (AvgIpc) is 4.01. The lowest BCUT2D eigenvalue weighted by Crippen LogP contribution is -2.58. The summed E-state index contributed by atoms with van der Waals surface area (Å²) in [5.74, 6) is 0. The van der Waals surface area contributed by atoms with Crippen LogP contribution in [0.2, 0.25) is 0 Å². The molecule has 2 aliphatic heterocycles. The zero-order valence-corrected chi connectivity index (χ0v) is 40.3. The number of unbranched alkanes of at least 4 members (excludes halogenated alkanes) is 2. The first-order chi connectivity index (χ1) is 33.8. The van der Waals surface area contributed by atoms with Crippen molar-refractivity contribution in [3.63, 3.8) is 0 Å². The molecule has 0 spiro atoms. The summed E-state index contributed by atoms with van der Waals surface area (Å²) in [7, 11) is -3.29. The van der Waals surface area contributed by atoms with Crippen LogP contribution in [-0.2, 0) is 67.4 Å². The maximum Gasteiger partial charge on any atom is 0.333 e. The first-order valence-electron chi connectivity index (χ1n) is 22.8. The molecule has 9 N–H and O–H groups in total. The van der Waals surface area contributed by atoms with Crippen LogP contribution in [0, 0.1) is 19.3 Å². The summed E-state index contributed by atoms with van der Waals surface area (Å²) in [6, 6.07) is 0. The van der Waals surface area contributed by atoms with Gasteiger partial charge in [0.1, 0.15) is 60.2 Å². The molecule has 30 heteroatoms. The number of hydrogen-bond donors (Lipinski definition) is 9. The maximum absolute atomic E-state index is 13.4. The van der Waals surface area contributed by atoms with E-state index in [0.29, 0.717) is 50.2 Å². The molecule has 0 radical (unpaired) electrons. The second kappa shape index (κ2) is 24.8. The second-order valence-electron chi connectivity index (χ2n) is 18.1. The number of hydrogen-bond acceptors (Lipinski definition) is 22. The van der Waals surface area contributed by atoms with Gasteiger partial charge in [-0.2, -0.15) is 0 Å². The molecule has 5 unspecified atom stereocenters. The van der Waals surface area contributed by atoms with Crippen molar-refractivity contribution in [1.82, 2.24) is 48.3 Å². The minimum Gasteiger partial charge on any atom is -0.394 e. The lowest BCUT2D eigenvalue weighted by Gasteiger charge is -2.40. The van der Waals surface area contributed by atoms with Crippen molar-refractivity contribution in [3.8, 4) is 0 Å². The first kappa shape index (κ1) is 55.6. The summed E-state index contributed by atoms with van der Waals surface area (Å²) in [6.07, 6.45) is -8.26. The highest BCUT2D eigenvalue weighted by Gasteiger charge is 2.46. The van der Waals surface area contributed by atoms with Gasteiger partial charge in [-0.25, -0.2) is 9.59 Å². The fourth-order valence-corrected chi connectivity index (χ4v) is 8.65. The molecule has 6 heterocycles. The Morgan fingerprint density at radius 3 is 1.38 bits per heavy atom. The minimum atomic E-state index is -3.29. The summed E-state index contributed by atoms with van der Waals surface area (Å²) >= 11 is 0. The molecular formula is C41H63N10O19P. The predicted octanol–water partition coefficient (Wildman–Crippen LogP) is -4.82. The number of aryl methyl sites for hydroxylation is 4. The van der Waals surface area contributed by atoms with Crippen LogP contribution in [0.25, 0.3) is 0 Å². The minimum absolute atomic E-state index is 0.00355. The fraction of sp³-hybridized carbons (Fsp3) is 0.707. The Labute approximate surface area is 404 Å². The van der Waals surface area contributed by atoms with Crippen molar-refractivity contribution in [3.05, 3.63) is 89.0 Å². The largest absolute Gasteiger partial charge is 0.394 e. The third kappa shape index (κ3) is 13.5. The van der Waals surface area contributed by atoms with E-state index in [0.717, 1.165) is 18.3 Å². The quantitative estimate of drug-likeness (QED) is 0.0222. The molecule has 396 valence electrons. The molecule has 2 aliphatic rings. The van der Waals surface area contributed by atoms with Gasteiger partial charge in [0.05, 0.1) is 58.6 Å². The van der Waals surface area contributed by atoms with Crippen LogP contribution in [-0.4, -0.2) is 176 Å². The summed E-state index contributed by atoms with van der Waals surface area (Å²) in [4.78, 5) is 62.0. The normalized spacial score (nSPS) is 26.1. The Morgan fingerprint density at radius 1 is 0.606 bits per heavy atom. The van der Waals surface area contributed by atoms with Gasteiger partial charge in [0.25, 0.3) is 11.1 Å². The first-order valence-corrected chi connectivity index (χ1v) is 24.1. The third-order valence-electron chi connectivity index (χ3n) is 12.2. The van der Waals surface area contributed by atoms with Crippen LogP contribution in [0.4, 0.5) is 0 Å². The number of aliphatic hydroxyl groups excluding tert-OH is 8. The molecule has 4 aromatic rings. The van der Waals surface area contributed by atoms with E-state index in [9.17, 15) is 69.5 Å². The standard InChI is InChI=1S/C41H63N10O19P/c1-23-12-50(37-33(58)31(56)29(54)27(16-52)69-37)39(62)48(35(23)60)10-6-4-8-46-14-25(42-44-46)18-66-20-41(3,22-68-71(64)65)21-67-19-26-15-47(45-43-26)9-5-7-11-49-36(61)24(2)13-51(40(49)63)38-34(59)32(57)30(55)28(17-53)70-38/h12-15,27-34,37-38,52-59,71H,4-11,16-22H2,1-3H3,(H,64,65)/t27?,28?,29-,30-,31?,32?,33-,34-,37+,38+,41?/m0/s1. The van der Waals surface area contributed by atoms with Gasteiger partial charge in [0, 0.05) is 55.1 Å². The Balaban J connectivity index is 0.944. The molecule has 0 saturated carbocycles. The Hall–Kier alpha value is -4.69. The van der Waals surface area contributed by atoms with Crippen molar-refractivity contribution >= 4 is 8.25 Å². The molecule has 0 amide bonds. The Kier molecular flexibility index (Phi) is 19.4. The van der Waals surface area contributed by atoms with Crippen LogP contribution >= 0.6 is 8.25 Å². The lowest BCUT2D eigenvalue weighted by atomic mass is 9.94. The van der Waals surface area contributed by atoms with Crippen molar-refractivity contribution in [1.29, 1.82) is 0 Å². The van der Waals surface area contributed by atoms with E-state index < -0.39 is 111 Å². The SMILES string of the molecule is Cc1cn([C@@H]2OC(CO)[C@H](O)C(O)[C@@H]2O)c(=O)n(CCCCn2cc(COCC(C)(COCc3cn(CCCCn4c(=O)c(C)cn([C@@H]5OC(CO)[C@H](O)C(O)[C@@H]5O)c4=O)nn3)CO[PH](=O)O)nn2)c1=O. The lowest BCUT2D eigenvalue weighted by molar-refractivity contribution is -0.252. The molecule has 2 saturated heterocycles. The molecular weight excluding hydrogens is 967 g/mol. The summed E-state index contributed by atoms with van der Waals surface area (Å²) in [5.41, 5.74) is -2.39. The maximum atomic E-state index is 13.4. The fourth-order valence-electron chi connectivity index (χ4n) is 8.18. The van der Waals surface area contributed by atoms with Crippen LogP contribution in [0.3, 0.4) is 0 Å². The highest BCUT2D eigenvalue weighted by atomic mass is 31.1. The number of aliphatic hydroxyl groups is 8. The smallest absolute Gasteiger partial charge is 0.333 e. The zero-order chi connectivity index (χ0) is 51.7. The molecule has 71 heavy (non-hydrogen) atoms. The van der Waals surface area contributed by atoms with Crippen LogP contribution in [0.15, 0.2) is 44.0 Å². The third-order valence-corrected chi connectivity index (χ3v) is 12.6. The number of nitrogens with zero attached hydrogens (tertiary/aromatic N) is 10. The van der Waals surface area contributed by atoms with Gasteiger partial charge in [0.2, 0.25) is 0 Å². The van der Waals surface area contributed by atoms with E-state index in [2.05, 4.69) is 20.6 Å². The van der Waals surface area contributed by atoms with E-state index in [1.54, 1.807) is 28.7 Å². The number of rotatable bonds is 25. The van der Waals surface area contributed by atoms with Crippen molar-refractivity contribution in [2.24, 2.45) is 5.41 Å². The van der Waals surface area contributed by atoms with Gasteiger partial charge < -0.3 is 69.2 Å². The van der Waals surface area contributed by atoms with Gasteiger partial charge in [-0.1, -0.05) is 17.4 Å². The molecule has 29 nitrogen and oxygen atoms in total. The van der Waals surface area contributed by atoms with E-state index in [1.807, 2.05) is 0 Å². The summed E-state index contributed by atoms with van der Waals surface area (Å²) in [5, 5.41) is 97.5.